The lowest BCUT2D eigenvalue weighted by Crippen LogP contribution is -2.40. The summed E-state index contributed by atoms with van der Waals surface area (Å²) >= 11 is 6.21. The number of piperidine rings is 1. The molecule has 0 atom stereocenters. The van der Waals surface area contributed by atoms with Gasteiger partial charge in [0.2, 0.25) is 0 Å². The van der Waals surface area contributed by atoms with Gasteiger partial charge in [-0.25, -0.2) is 4.79 Å². The molecule has 2 aliphatic heterocycles. The van der Waals surface area contributed by atoms with Gasteiger partial charge in [0.05, 0.1) is 16.7 Å². The molecule has 1 aromatic heterocycles. The van der Waals surface area contributed by atoms with E-state index in [0.717, 1.165) is 66.8 Å². The first-order valence-electron chi connectivity index (χ1n) is 12.1. The fourth-order valence-electron chi connectivity index (χ4n) is 5.52. The summed E-state index contributed by atoms with van der Waals surface area (Å²) in [6, 6.07) is 26.4. The van der Waals surface area contributed by atoms with Crippen molar-refractivity contribution in [2.75, 3.05) is 19.6 Å². The number of H-pyrrole nitrogens is 1. The first kappa shape index (κ1) is 22.1. The number of oxime groups is 1. The van der Waals surface area contributed by atoms with Crippen LogP contribution in [-0.2, 0) is 10.4 Å². The molecular formula is C28H27ClN4O2. The molecule has 3 aromatic carbocycles. The lowest BCUT2D eigenvalue weighted by molar-refractivity contribution is 0.0112. The Balaban J connectivity index is 1.16. The molecule has 0 radical (unpaired) electrons. The number of hydrogen-bond donors (Lipinski definition) is 1. The van der Waals surface area contributed by atoms with Crippen LogP contribution in [0.3, 0.4) is 0 Å². The number of halogens is 1. The van der Waals surface area contributed by atoms with E-state index < -0.39 is 5.60 Å². The molecule has 0 saturated carbocycles. The number of likely N-dealkylation sites (tertiary alicyclic amines) is 1. The predicted molar refractivity (Wildman–Crippen MR) is 139 cm³/mol. The summed E-state index contributed by atoms with van der Waals surface area (Å²) in [4.78, 5) is 24.3. The second-order valence-electron chi connectivity index (χ2n) is 9.45. The Morgan fingerprint density at radius 2 is 1.63 bits per heavy atom. The minimum absolute atomic E-state index is 0.0650. The highest BCUT2D eigenvalue weighted by molar-refractivity contribution is 6.31. The average molecular weight is 487 g/mol. The lowest BCUT2D eigenvalue weighted by atomic mass is 9.82. The van der Waals surface area contributed by atoms with Crippen LogP contribution in [0.2, 0.25) is 5.02 Å². The van der Waals surface area contributed by atoms with Gasteiger partial charge in [-0.15, -0.1) is 0 Å². The molecule has 1 saturated heterocycles. The Morgan fingerprint density at radius 1 is 0.971 bits per heavy atom. The Bertz CT molecular complexity index is 1380. The van der Waals surface area contributed by atoms with Crippen LogP contribution in [0, 0.1) is 0 Å². The van der Waals surface area contributed by atoms with Crippen LogP contribution >= 0.6 is 11.6 Å². The van der Waals surface area contributed by atoms with Crippen molar-refractivity contribution in [1.29, 1.82) is 0 Å². The number of imidazole rings is 1. The van der Waals surface area contributed by atoms with Crippen molar-refractivity contribution in [2.24, 2.45) is 5.16 Å². The van der Waals surface area contributed by atoms with Gasteiger partial charge in [0.25, 0.3) is 0 Å². The molecule has 6 nitrogen and oxygen atoms in total. The Morgan fingerprint density at radius 3 is 2.29 bits per heavy atom. The van der Waals surface area contributed by atoms with E-state index in [1.54, 1.807) is 0 Å². The molecule has 0 amide bonds. The van der Waals surface area contributed by atoms with Gasteiger partial charge in [-0.05, 0) is 31.0 Å². The maximum absolute atomic E-state index is 12.7. The van der Waals surface area contributed by atoms with Crippen LogP contribution in [-0.4, -0.2) is 39.8 Å². The number of nitrogens with zero attached hydrogens (tertiary/aromatic N) is 3. The summed E-state index contributed by atoms with van der Waals surface area (Å²) in [6.07, 6.45) is 2.52. The molecule has 3 heterocycles. The van der Waals surface area contributed by atoms with Crippen molar-refractivity contribution >= 4 is 28.3 Å². The Labute approximate surface area is 208 Å². The number of rotatable bonds is 5. The summed E-state index contributed by atoms with van der Waals surface area (Å²) in [7, 11) is 0. The van der Waals surface area contributed by atoms with Gasteiger partial charge in [-0.1, -0.05) is 77.4 Å². The zero-order valence-corrected chi connectivity index (χ0v) is 20.1. The van der Waals surface area contributed by atoms with Gasteiger partial charge in [0, 0.05) is 48.2 Å². The summed E-state index contributed by atoms with van der Waals surface area (Å²) in [5, 5.41) is 5.21. The lowest BCUT2D eigenvalue weighted by Gasteiger charge is -2.32. The highest BCUT2D eigenvalue weighted by Gasteiger charge is 2.43. The summed E-state index contributed by atoms with van der Waals surface area (Å²) in [5.41, 5.74) is 4.33. The van der Waals surface area contributed by atoms with E-state index in [0.29, 0.717) is 5.02 Å². The minimum Gasteiger partial charge on any atom is -0.379 e. The summed E-state index contributed by atoms with van der Waals surface area (Å²) < 4.78 is 1.88. The first-order valence-corrected chi connectivity index (χ1v) is 12.5. The van der Waals surface area contributed by atoms with Crippen LogP contribution in [0.5, 0.6) is 0 Å². The SMILES string of the molecule is O=c1[nH]c2ccc(Cl)cc2n1C1CCN(CC2=NOC(c3ccccc3)(c3ccccc3)C2)CC1. The third-order valence-electron chi connectivity index (χ3n) is 7.27. The van der Waals surface area contributed by atoms with E-state index in [4.69, 9.17) is 16.4 Å². The Kier molecular flexibility index (Phi) is 5.71. The molecule has 35 heavy (non-hydrogen) atoms. The van der Waals surface area contributed by atoms with E-state index in [1.807, 2.05) is 59.2 Å². The molecular weight excluding hydrogens is 460 g/mol. The topological polar surface area (TPSA) is 62.6 Å². The second kappa shape index (κ2) is 9.02. The van der Waals surface area contributed by atoms with Crippen LogP contribution in [0.1, 0.15) is 36.4 Å². The molecule has 0 unspecified atom stereocenters. The van der Waals surface area contributed by atoms with Gasteiger partial charge in [-0.2, -0.15) is 0 Å². The van der Waals surface area contributed by atoms with E-state index in [9.17, 15) is 4.79 Å². The third-order valence-corrected chi connectivity index (χ3v) is 7.51. The van der Waals surface area contributed by atoms with E-state index in [2.05, 4.69) is 39.3 Å². The maximum Gasteiger partial charge on any atom is 0.326 e. The van der Waals surface area contributed by atoms with Crippen molar-refractivity contribution in [2.45, 2.75) is 30.9 Å². The molecule has 0 spiro atoms. The van der Waals surface area contributed by atoms with E-state index in [1.165, 1.54) is 0 Å². The van der Waals surface area contributed by atoms with E-state index in [-0.39, 0.29) is 11.7 Å². The molecule has 2 aliphatic rings. The van der Waals surface area contributed by atoms with Crippen molar-refractivity contribution in [3.63, 3.8) is 0 Å². The van der Waals surface area contributed by atoms with Crippen molar-refractivity contribution in [3.05, 3.63) is 105 Å². The average Bonchev–Trinajstić information content (AvgIpc) is 3.47. The predicted octanol–water partition coefficient (Wildman–Crippen LogP) is 5.34. The molecule has 7 heteroatoms. The van der Waals surface area contributed by atoms with Gasteiger partial charge in [-0.3, -0.25) is 9.47 Å². The molecule has 0 aliphatic carbocycles. The van der Waals surface area contributed by atoms with Crippen molar-refractivity contribution in [1.82, 2.24) is 14.5 Å². The van der Waals surface area contributed by atoms with Crippen LogP contribution in [0.4, 0.5) is 0 Å². The summed E-state index contributed by atoms with van der Waals surface area (Å²) in [6.45, 7) is 2.56. The Hall–Kier alpha value is -3.35. The highest BCUT2D eigenvalue weighted by Crippen LogP contribution is 2.41. The van der Waals surface area contributed by atoms with Gasteiger partial charge in [0.15, 0.2) is 5.60 Å². The monoisotopic (exact) mass is 486 g/mol. The van der Waals surface area contributed by atoms with Crippen molar-refractivity contribution < 1.29 is 4.84 Å². The molecule has 0 bridgehead atoms. The quantitative estimate of drug-likeness (QED) is 0.414. The zero-order valence-electron chi connectivity index (χ0n) is 19.4. The summed E-state index contributed by atoms with van der Waals surface area (Å²) in [5.74, 6) is 0. The highest BCUT2D eigenvalue weighted by atomic mass is 35.5. The molecule has 1 fully saturated rings. The first-order chi connectivity index (χ1) is 17.1. The number of nitrogens with one attached hydrogen (secondary N) is 1. The van der Waals surface area contributed by atoms with E-state index >= 15 is 0 Å². The second-order valence-corrected chi connectivity index (χ2v) is 9.89. The fourth-order valence-corrected chi connectivity index (χ4v) is 5.69. The molecule has 4 aromatic rings. The molecule has 6 rings (SSSR count). The van der Waals surface area contributed by atoms with Gasteiger partial charge < -0.3 is 9.82 Å². The number of hydrogen-bond acceptors (Lipinski definition) is 4. The minimum atomic E-state index is -0.590. The normalized spacial score (nSPS) is 18.5. The number of benzene rings is 3. The maximum atomic E-state index is 12.7. The molecule has 178 valence electrons. The number of fused-ring (bicyclic) bond motifs is 1. The fraction of sp³-hybridized carbons (Fsp3) is 0.286. The number of aromatic nitrogens is 2. The third kappa shape index (κ3) is 4.07. The standard InChI is InChI=1S/C28H27ClN4O2/c29-22-11-12-25-26(17-22)33(27(34)30-25)24-13-15-32(16-14-24)19-23-18-28(35-31-23,20-7-3-1-4-8-20)21-9-5-2-6-10-21/h1-12,17,24H,13-16,18-19H2,(H,30,34). The van der Waals surface area contributed by atoms with Gasteiger partial charge in [0.1, 0.15) is 0 Å². The van der Waals surface area contributed by atoms with Crippen LogP contribution in [0.25, 0.3) is 11.0 Å². The molecule has 1 N–H and O–H groups in total. The van der Waals surface area contributed by atoms with Crippen LogP contribution in [0.15, 0.2) is 88.8 Å². The van der Waals surface area contributed by atoms with Gasteiger partial charge >= 0.3 is 5.69 Å². The number of aromatic amines is 1. The van der Waals surface area contributed by atoms with Crippen molar-refractivity contribution in [3.8, 4) is 0 Å². The zero-order chi connectivity index (χ0) is 23.8. The smallest absolute Gasteiger partial charge is 0.326 e. The largest absolute Gasteiger partial charge is 0.379 e. The van der Waals surface area contributed by atoms with Crippen LogP contribution < -0.4 is 5.69 Å².